The van der Waals surface area contributed by atoms with E-state index in [0.29, 0.717) is 0 Å². The quantitative estimate of drug-likeness (QED) is 0.118. The third-order valence-electron chi connectivity index (χ3n) is 0.440. The van der Waals surface area contributed by atoms with Crippen LogP contribution in [0.3, 0.4) is 0 Å². The Morgan fingerprint density at radius 2 is 1.57 bits per heavy atom. The Balaban J connectivity index is -0.000000236. The molecule has 0 aliphatic heterocycles. The number of hydrazine groups is 2. The predicted molar refractivity (Wildman–Crippen MR) is 48.8 cm³/mol. The Morgan fingerprint density at radius 3 is 1.64 bits per heavy atom. The molecule has 7 N–H and O–H groups in total. The molecule has 14 heavy (non-hydrogen) atoms. The molecule has 8 heteroatoms. The Kier molecular flexibility index (Phi) is 10.6. The van der Waals surface area contributed by atoms with E-state index < -0.39 is 18.8 Å². The highest BCUT2D eigenvalue weighted by atomic mass is 16.6. The lowest BCUT2D eigenvalue weighted by Gasteiger charge is -1.87. The number of ether oxygens (including phenoxy) is 1. The van der Waals surface area contributed by atoms with Gasteiger partial charge in [0.25, 0.3) is 0 Å². The molecule has 0 fully saturated rings. The first-order valence-corrected chi connectivity index (χ1v) is 3.14. The lowest BCUT2D eigenvalue weighted by Crippen LogP contribution is -2.26. The van der Waals surface area contributed by atoms with Crippen LogP contribution in [0, 0.1) is 0 Å². The Labute approximate surface area is 85.9 Å². The second-order valence-corrected chi connectivity index (χ2v) is 1.58. The lowest BCUT2D eigenvalue weighted by molar-refractivity contribution is -0.156. The van der Waals surface area contributed by atoms with Crippen molar-refractivity contribution in [1.29, 1.82) is 0 Å². The summed E-state index contributed by atoms with van der Waals surface area (Å²) in [5.74, 6) is 9.95. The molecule has 0 saturated carbocycles. The summed E-state index contributed by atoms with van der Waals surface area (Å²) in [5, 5.41) is 0. The van der Waals surface area contributed by atoms with Gasteiger partial charge in [-0.3, -0.25) is 31.5 Å². The number of nitrogens with two attached hydrogens (primary N) is 3. The first-order chi connectivity index (χ1) is 7.61. The van der Waals surface area contributed by atoms with E-state index in [2.05, 4.69) is 22.3 Å². The molecule has 0 unspecified atom stereocenters. The summed E-state index contributed by atoms with van der Waals surface area (Å²) in [6, 6.07) is 0. The zero-order valence-corrected chi connectivity index (χ0v) is 7.87. The first-order valence-electron chi connectivity index (χ1n) is 4.64. The molecule has 0 aromatic carbocycles. The molecule has 0 atom stereocenters. The average molecular weight is 211 g/mol. The summed E-state index contributed by atoms with van der Waals surface area (Å²) >= 11 is 0. The average Bonchev–Trinajstić information content (AvgIpc) is 2.19. The van der Waals surface area contributed by atoms with Crippen molar-refractivity contribution in [2.45, 2.75) is 20.7 Å². The molecule has 0 saturated heterocycles. The SMILES string of the molecule is CC(=O)NN.NN.[2H]C([2H])([2H])C(=O)OC(C)=O. The van der Waals surface area contributed by atoms with Gasteiger partial charge in [-0.25, -0.2) is 5.84 Å². The maximum absolute atomic E-state index is 10.3. The molecule has 0 radical (unpaired) electrons. The molecule has 0 bridgehead atoms. The number of hydrogen-bond donors (Lipinski definition) is 4. The van der Waals surface area contributed by atoms with Gasteiger partial charge in [0.1, 0.15) is 0 Å². The van der Waals surface area contributed by atoms with Crippen LogP contribution in [-0.4, -0.2) is 17.8 Å². The molecule has 84 valence electrons. The minimum absolute atomic E-state index is 0.218. The molecule has 0 rings (SSSR count). The van der Waals surface area contributed by atoms with Gasteiger partial charge in [-0.1, -0.05) is 0 Å². The number of amides is 1. The van der Waals surface area contributed by atoms with Crippen molar-refractivity contribution in [3.63, 3.8) is 0 Å². The summed E-state index contributed by atoms with van der Waals surface area (Å²) < 4.78 is 23.1. The van der Waals surface area contributed by atoms with Gasteiger partial charge in [0, 0.05) is 24.8 Å². The van der Waals surface area contributed by atoms with Crippen molar-refractivity contribution in [2.75, 3.05) is 0 Å². The van der Waals surface area contributed by atoms with Crippen LogP contribution in [0.2, 0.25) is 0 Å². The normalized spacial score (nSPS) is 10.8. The van der Waals surface area contributed by atoms with Crippen LogP contribution in [-0.2, 0) is 19.1 Å². The Morgan fingerprint density at radius 1 is 1.21 bits per heavy atom. The molecule has 0 aliphatic rings. The maximum atomic E-state index is 10.3. The van der Waals surface area contributed by atoms with E-state index in [9.17, 15) is 14.4 Å². The zero-order chi connectivity index (χ0) is 14.6. The zero-order valence-electron chi connectivity index (χ0n) is 10.9. The molecule has 8 nitrogen and oxygen atoms in total. The van der Waals surface area contributed by atoms with E-state index in [-0.39, 0.29) is 5.91 Å². The largest absolute Gasteiger partial charge is 0.394 e. The highest BCUT2D eigenvalue weighted by Crippen LogP contribution is 1.73. The fraction of sp³-hybridized carbons (Fsp3) is 0.500. The number of esters is 2. The van der Waals surface area contributed by atoms with Crippen molar-refractivity contribution in [2.24, 2.45) is 17.5 Å². The van der Waals surface area contributed by atoms with Gasteiger partial charge in [-0.2, -0.15) is 0 Å². The van der Waals surface area contributed by atoms with Crippen LogP contribution in [0.5, 0.6) is 0 Å². The Bertz CT molecular complexity index is 256. The maximum Gasteiger partial charge on any atom is 0.310 e. The fourth-order valence-corrected chi connectivity index (χ4v) is 0.131. The van der Waals surface area contributed by atoms with Crippen LogP contribution in [0.1, 0.15) is 24.8 Å². The van der Waals surface area contributed by atoms with Crippen LogP contribution in [0.4, 0.5) is 0 Å². The van der Waals surface area contributed by atoms with E-state index in [0.717, 1.165) is 6.92 Å². The van der Waals surface area contributed by atoms with Crippen molar-refractivity contribution < 1.29 is 23.2 Å². The summed E-state index contributed by atoms with van der Waals surface area (Å²) in [6.45, 7) is -0.532. The van der Waals surface area contributed by atoms with Crippen LogP contribution < -0.4 is 23.0 Å². The lowest BCUT2D eigenvalue weighted by atomic mass is 10.7. The van der Waals surface area contributed by atoms with Gasteiger partial charge < -0.3 is 4.74 Å². The van der Waals surface area contributed by atoms with Crippen molar-refractivity contribution >= 4 is 17.8 Å². The standard InChI is InChI=1S/C4H6O3.C2H6N2O.H4N2/c1-3(5)7-4(2)6;1-2(5)4-3;1-2/h1-2H3;3H2,1H3,(H,4,5);1-2H2/i1D3;;. The first kappa shape index (κ1) is 10.6. The number of carbonyl (C=O) groups excluding carboxylic acids is 3. The van der Waals surface area contributed by atoms with Gasteiger partial charge in [-0.15, -0.1) is 0 Å². The monoisotopic (exact) mass is 211 g/mol. The smallest absolute Gasteiger partial charge is 0.310 e. The van der Waals surface area contributed by atoms with Gasteiger partial charge in [0.05, 0.1) is 0 Å². The molecule has 0 aromatic rings. The summed E-state index contributed by atoms with van der Waals surface area (Å²) in [4.78, 5) is 29.9. The highest BCUT2D eigenvalue weighted by molar-refractivity contribution is 5.82. The fourth-order valence-electron chi connectivity index (χ4n) is 0.131. The number of carbonyl (C=O) groups is 3. The van der Waals surface area contributed by atoms with Crippen LogP contribution in [0.25, 0.3) is 0 Å². The summed E-state index contributed by atoms with van der Waals surface area (Å²) in [7, 11) is 0. The predicted octanol–water partition coefficient (Wildman–Crippen LogP) is -2.09. The van der Waals surface area contributed by atoms with Gasteiger partial charge in [0.15, 0.2) is 0 Å². The van der Waals surface area contributed by atoms with E-state index in [1.165, 1.54) is 6.92 Å². The van der Waals surface area contributed by atoms with Crippen molar-refractivity contribution in [3.05, 3.63) is 0 Å². The highest BCUT2D eigenvalue weighted by Gasteiger charge is 1.93. The van der Waals surface area contributed by atoms with Gasteiger partial charge in [-0.05, 0) is 0 Å². The van der Waals surface area contributed by atoms with Gasteiger partial charge in [0.2, 0.25) is 5.91 Å². The summed E-state index contributed by atoms with van der Waals surface area (Å²) in [6.07, 6.45) is 0. The minimum atomic E-state index is -2.84. The molecule has 0 spiro atoms. The van der Waals surface area contributed by atoms with Gasteiger partial charge >= 0.3 is 11.9 Å². The number of nitrogens with one attached hydrogen (secondary N) is 1. The van der Waals surface area contributed by atoms with E-state index in [1.54, 1.807) is 0 Å². The second-order valence-electron chi connectivity index (χ2n) is 1.58. The Hall–Kier alpha value is -1.51. The second kappa shape index (κ2) is 14.0. The van der Waals surface area contributed by atoms with E-state index in [1.807, 2.05) is 5.43 Å². The molecule has 0 heterocycles. The van der Waals surface area contributed by atoms with Crippen molar-refractivity contribution in [1.82, 2.24) is 5.43 Å². The molecular formula is C6H16N4O4. The van der Waals surface area contributed by atoms with E-state index >= 15 is 0 Å². The minimum Gasteiger partial charge on any atom is -0.394 e. The van der Waals surface area contributed by atoms with Crippen LogP contribution >= 0.6 is 0 Å². The number of hydrogen-bond acceptors (Lipinski definition) is 7. The topological polar surface area (TPSA) is 151 Å². The molecule has 1 amide bonds. The summed E-state index contributed by atoms with van der Waals surface area (Å²) in [5.41, 5.74) is 1.89. The third kappa shape index (κ3) is 46.9. The van der Waals surface area contributed by atoms with E-state index in [4.69, 9.17) is 4.11 Å². The third-order valence-corrected chi connectivity index (χ3v) is 0.440. The molecular weight excluding hydrogens is 192 g/mol. The van der Waals surface area contributed by atoms with Crippen LogP contribution in [0.15, 0.2) is 0 Å². The molecule has 0 aliphatic carbocycles. The number of rotatable bonds is 0. The molecule has 0 aromatic heterocycles. The van der Waals surface area contributed by atoms with Crippen molar-refractivity contribution in [3.8, 4) is 0 Å².